The number of alkyl halides is 3. The number of rotatable bonds is 7. The summed E-state index contributed by atoms with van der Waals surface area (Å²) in [5.74, 6) is -1.06. The molecule has 1 aliphatic rings. The molecule has 1 atom stereocenters. The SMILES string of the molecule is COc1cc(S(=O)(=O)N[C@@H](c2cnn(C(C)(C)C)c2-c2ccc(F)cc2Br)C2CC2)ccc1C(F)(F)F. The lowest BCUT2D eigenvalue weighted by atomic mass is 9.98. The van der Waals surface area contributed by atoms with E-state index in [4.69, 9.17) is 4.74 Å². The minimum atomic E-state index is -4.70. The quantitative estimate of drug-likeness (QED) is 0.306. The highest BCUT2D eigenvalue weighted by Crippen LogP contribution is 2.46. The van der Waals surface area contributed by atoms with Crippen LogP contribution in [0.15, 0.2) is 52.0 Å². The van der Waals surface area contributed by atoms with Crippen LogP contribution < -0.4 is 9.46 Å². The van der Waals surface area contributed by atoms with Gasteiger partial charge in [0.15, 0.2) is 0 Å². The summed E-state index contributed by atoms with van der Waals surface area (Å²) in [5.41, 5.74) is 0.276. The van der Waals surface area contributed by atoms with Crippen LogP contribution in [0.5, 0.6) is 5.75 Å². The zero-order chi connectivity index (χ0) is 27.3. The fourth-order valence-electron chi connectivity index (χ4n) is 4.20. The van der Waals surface area contributed by atoms with Crippen LogP contribution in [0.25, 0.3) is 11.3 Å². The number of ether oxygens (including phenoxy) is 1. The van der Waals surface area contributed by atoms with Gasteiger partial charge in [0.2, 0.25) is 10.0 Å². The van der Waals surface area contributed by atoms with Crippen LogP contribution in [0.1, 0.15) is 50.8 Å². The zero-order valence-corrected chi connectivity index (χ0v) is 22.9. The van der Waals surface area contributed by atoms with Gasteiger partial charge in [-0.3, -0.25) is 4.68 Å². The van der Waals surface area contributed by atoms with Crippen LogP contribution in [0.2, 0.25) is 0 Å². The topological polar surface area (TPSA) is 73.2 Å². The van der Waals surface area contributed by atoms with E-state index in [1.165, 1.54) is 12.1 Å². The van der Waals surface area contributed by atoms with Gasteiger partial charge in [-0.1, -0.05) is 0 Å². The second-order valence-corrected chi connectivity index (χ2v) is 12.5. The molecule has 200 valence electrons. The first-order valence-corrected chi connectivity index (χ1v) is 13.7. The fraction of sp³-hybridized carbons (Fsp3) is 0.400. The number of hydrogen-bond donors (Lipinski definition) is 1. The number of benzene rings is 2. The van der Waals surface area contributed by atoms with Crippen molar-refractivity contribution in [3.63, 3.8) is 0 Å². The lowest BCUT2D eigenvalue weighted by molar-refractivity contribution is -0.138. The monoisotopic (exact) mass is 603 g/mol. The van der Waals surface area contributed by atoms with E-state index < -0.39 is 44.9 Å². The predicted octanol–water partition coefficient (Wildman–Crippen LogP) is 6.66. The van der Waals surface area contributed by atoms with Gasteiger partial charge < -0.3 is 4.74 Å². The highest BCUT2D eigenvalue weighted by atomic mass is 79.9. The second-order valence-electron chi connectivity index (χ2n) is 9.95. The predicted molar refractivity (Wildman–Crippen MR) is 134 cm³/mol. The lowest BCUT2D eigenvalue weighted by Crippen LogP contribution is -2.31. The second kappa shape index (κ2) is 9.70. The Kier molecular flexibility index (Phi) is 7.23. The van der Waals surface area contributed by atoms with Gasteiger partial charge in [-0.15, -0.1) is 0 Å². The smallest absolute Gasteiger partial charge is 0.419 e. The molecular weight excluding hydrogens is 578 g/mol. The van der Waals surface area contributed by atoms with Gasteiger partial charge in [-0.2, -0.15) is 18.3 Å². The van der Waals surface area contributed by atoms with Crippen LogP contribution in [-0.4, -0.2) is 25.3 Å². The third kappa shape index (κ3) is 5.70. The third-order valence-electron chi connectivity index (χ3n) is 6.12. The zero-order valence-electron chi connectivity index (χ0n) is 20.5. The largest absolute Gasteiger partial charge is 0.496 e. The first-order chi connectivity index (χ1) is 17.1. The van der Waals surface area contributed by atoms with Crippen LogP contribution in [0.4, 0.5) is 17.6 Å². The van der Waals surface area contributed by atoms with Crippen molar-refractivity contribution in [2.45, 2.75) is 56.3 Å². The Morgan fingerprint density at radius 2 is 1.81 bits per heavy atom. The van der Waals surface area contributed by atoms with Crippen molar-refractivity contribution in [1.29, 1.82) is 0 Å². The van der Waals surface area contributed by atoms with E-state index >= 15 is 0 Å². The number of halogens is 5. The standard InChI is InChI=1S/C25H26BrF4N3O3S/c1-24(2,3)33-23(17-9-7-15(27)11-20(17)26)18(13-31-33)22(14-5-6-14)32-37(34,35)16-8-10-19(25(28,29)30)21(12-16)36-4/h7-14,22,32H,5-6H2,1-4H3/t22-/m1/s1. The first-order valence-electron chi connectivity index (χ1n) is 11.4. The van der Waals surface area contributed by atoms with Crippen molar-refractivity contribution in [1.82, 2.24) is 14.5 Å². The number of sulfonamides is 1. The Bertz CT molecular complexity index is 1430. The van der Waals surface area contributed by atoms with E-state index in [0.29, 0.717) is 27.4 Å². The van der Waals surface area contributed by atoms with E-state index in [1.54, 1.807) is 16.9 Å². The molecule has 3 aromatic rings. The molecule has 0 bridgehead atoms. The lowest BCUT2D eigenvalue weighted by Gasteiger charge is -2.26. The fourth-order valence-corrected chi connectivity index (χ4v) is 6.04. The minimum Gasteiger partial charge on any atom is -0.496 e. The summed E-state index contributed by atoms with van der Waals surface area (Å²) in [6.07, 6.45) is -1.59. The maximum atomic E-state index is 13.9. The molecule has 2 aromatic carbocycles. The van der Waals surface area contributed by atoms with E-state index in [0.717, 1.165) is 32.1 Å². The van der Waals surface area contributed by atoms with Gasteiger partial charge in [0.1, 0.15) is 11.6 Å². The van der Waals surface area contributed by atoms with Crippen molar-refractivity contribution in [2.24, 2.45) is 5.92 Å². The summed E-state index contributed by atoms with van der Waals surface area (Å²) in [7, 11) is -3.20. The van der Waals surface area contributed by atoms with Gasteiger partial charge >= 0.3 is 6.18 Å². The number of methoxy groups -OCH3 is 1. The molecule has 4 rings (SSSR count). The summed E-state index contributed by atoms with van der Waals surface area (Å²) in [6, 6.07) is 6.00. The van der Waals surface area contributed by atoms with Crippen LogP contribution in [0, 0.1) is 11.7 Å². The Hall–Kier alpha value is -2.44. The minimum absolute atomic E-state index is 0.0401. The summed E-state index contributed by atoms with van der Waals surface area (Å²) in [6.45, 7) is 5.82. The highest BCUT2D eigenvalue weighted by Gasteiger charge is 2.40. The molecule has 0 unspecified atom stereocenters. The average molecular weight is 604 g/mol. The molecule has 0 amide bonds. The Morgan fingerprint density at radius 1 is 1.14 bits per heavy atom. The van der Waals surface area contributed by atoms with Crippen molar-refractivity contribution >= 4 is 26.0 Å². The molecule has 0 saturated heterocycles. The first kappa shape index (κ1) is 27.6. The van der Waals surface area contributed by atoms with Gasteiger partial charge in [0.05, 0.1) is 41.0 Å². The molecule has 1 aromatic heterocycles. The molecule has 1 heterocycles. The van der Waals surface area contributed by atoms with E-state index in [9.17, 15) is 26.0 Å². The molecule has 1 fully saturated rings. The third-order valence-corrected chi connectivity index (χ3v) is 8.21. The molecule has 1 N–H and O–H groups in total. The Balaban J connectivity index is 1.81. The molecule has 1 saturated carbocycles. The number of nitrogens with one attached hydrogen (secondary N) is 1. The van der Waals surface area contributed by atoms with Gasteiger partial charge in [0.25, 0.3) is 0 Å². The molecule has 0 radical (unpaired) electrons. The molecule has 1 aliphatic carbocycles. The van der Waals surface area contributed by atoms with Crippen molar-refractivity contribution in [2.75, 3.05) is 7.11 Å². The maximum absolute atomic E-state index is 13.9. The van der Waals surface area contributed by atoms with E-state index in [-0.39, 0.29) is 10.8 Å². The van der Waals surface area contributed by atoms with Crippen LogP contribution in [-0.2, 0) is 21.7 Å². The number of hydrogen-bond acceptors (Lipinski definition) is 4. The maximum Gasteiger partial charge on any atom is 0.419 e. The summed E-state index contributed by atoms with van der Waals surface area (Å²) >= 11 is 3.42. The Morgan fingerprint density at radius 3 is 2.35 bits per heavy atom. The van der Waals surface area contributed by atoms with Crippen LogP contribution >= 0.6 is 15.9 Å². The van der Waals surface area contributed by atoms with Crippen molar-refractivity contribution in [3.05, 3.63) is 64.0 Å². The van der Waals surface area contributed by atoms with E-state index in [2.05, 4.69) is 25.8 Å². The van der Waals surface area contributed by atoms with Gasteiger partial charge in [-0.05, 0) is 85.8 Å². The molecule has 0 aliphatic heterocycles. The summed E-state index contributed by atoms with van der Waals surface area (Å²) < 4.78 is 90.3. The van der Waals surface area contributed by atoms with Crippen LogP contribution in [0.3, 0.4) is 0 Å². The molecule has 0 spiro atoms. The highest BCUT2D eigenvalue weighted by molar-refractivity contribution is 9.10. The number of aromatic nitrogens is 2. The van der Waals surface area contributed by atoms with Gasteiger partial charge in [0, 0.05) is 21.7 Å². The summed E-state index contributed by atoms with van der Waals surface area (Å²) in [4.78, 5) is -0.351. The molecule has 37 heavy (non-hydrogen) atoms. The molecule has 6 nitrogen and oxygen atoms in total. The Labute approximate surface area is 221 Å². The summed E-state index contributed by atoms with van der Waals surface area (Å²) in [5, 5.41) is 4.55. The van der Waals surface area contributed by atoms with Crippen molar-refractivity contribution < 1.29 is 30.7 Å². The van der Waals surface area contributed by atoms with Crippen molar-refractivity contribution in [3.8, 4) is 17.0 Å². The average Bonchev–Trinajstić information content (AvgIpc) is 3.54. The number of nitrogens with zero attached hydrogens (tertiary/aromatic N) is 2. The van der Waals surface area contributed by atoms with Gasteiger partial charge in [-0.25, -0.2) is 17.5 Å². The molecule has 12 heteroatoms. The normalized spacial score (nSPS) is 15.6. The van der Waals surface area contributed by atoms with E-state index in [1.807, 2.05) is 20.8 Å². The molecular formula is C25H26BrF4N3O3S.